The van der Waals surface area contributed by atoms with Crippen LogP contribution in [-0.2, 0) is 12.8 Å². The molecular formula is C50H60O4. The van der Waals surface area contributed by atoms with E-state index in [2.05, 4.69) is 50.2 Å². The molecule has 284 valence electrons. The number of fused-ring (bicyclic) bond motifs is 3. The second kappa shape index (κ2) is 19.1. The summed E-state index contributed by atoms with van der Waals surface area (Å²) in [4.78, 5) is 0. The molecule has 0 radical (unpaired) electrons. The van der Waals surface area contributed by atoms with Gasteiger partial charge < -0.3 is 20.4 Å². The van der Waals surface area contributed by atoms with Crippen LogP contribution in [0.25, 0.3) is 54.6 Å². The first-order valence-corrected chi connectivity index (χ1v) is 20.9. The number of hydrogen-bond donors (Lipinski definition) is 4. The maximum Gasteiger partial charge on any atom is 0.124 e. The molecule has 6 aromatic carbocycles. The molecule has 0 unspecified atom stereocenters. The molecule has 0 aromatic heterocycles. The first kappa shape index (κ1) is 39.0. The van der Waals surface area contributed by atoms with Crippen LogP contribution in [0.3, 0.4) is 0 Å². The minimum atomic E-state index is 0.0341. The molecule has 4 heteroatoms. The lowest BCUT2D eigenvalue weighted by atomic mass is 9.93. The van der Waals surface area contributed by atoms with Crippen molar-refractivity contribution in [1.82, 2.24) is 0 Å². The lowest BCUT2D eigenvalue weighted by Gasteiger charge is -2.14. The Kier molecular flexibility index (Phi) is 13.8. The zero-order valence-electron chi connectivity index (χ0n) is 32.6. The second-order valence-electron chi connectivity index (χ2n) is 15.6. The smallest absolute Gasteiger partial charge is 0.124 e. The molecule has 0 saturated carbocycles. The number of hydrogen-bond acceptors (Lipinski definition) is 4. The van der Waals surface area contributed by atoms with E-state index in [1.807, 2.05) is 12.1 Å². The summed E-state index contributed by atoms with van der Waals surface area (Å²) in [6.07, 6.45) is 22.8. The number of aryl methyl sites for hydroxylation is 2. The van der Waals surface area contributed by atoms with Gasteiger partial charge in [-0.05, 0) is 118 Å². The monoisotopic (exact) mass is 724 g/mol. The lowest BCUT2D eigenvalue weighted by Crippen LogP contribution is -1.89. The van der Waals surface area contributed by atoms with Gasteiger partial charge >= 0.3 is 0 Å². The van der Waals surface area contributed by atoms with Crippen LogP contribution >= 0.6 is 0 Å². The summed E-state index contributed by atoms with van der Waals surface area (Å²) >= 11 is 0. The van der Waals surface area contributed by atoms with Gasteiger partial charge in [-0.3, -0.25) is 0 Å². The second-order valence-corrected chi connectivity index (χ2v) is 15.6. The Morgan fingerprint density at radius 2 is 0.574 bits per heavy atom. The summed E-state index contributed by atoms with van der Waals surface area (Å²) in [6, 6.07) is 27.2. The molecule has 6 rings (SSSR count). The average molecular weight is 725 g/mol. The summed E-state index contributed by atoms with van der Waals surface area (Å²) in [5.74, 6) is 0.271. The van der Waals surface area contributed by atoms with E-state index in [0.717, 1.165) is 45.2 Å². The van der Waals surface area contributed by atoms with Crippen LogP contribution < -0.4 is 0 Å². The highest BCUT2D eigenvalue weighted by atomic mass is 16.3. The zero-order chi connectivity index (χ0) is 37.9. The van der Waals surface area contributed by atoms with Gasteiger partial charge in [0.15, 0.2) is 0 Å². The summed E-state index contributed by atoms with van der Waals surface area (Å²) in [5, 5.41) is 50.3. The largest absolute Gasteiger partial charge is 0.507 e. The Morgan fingerprint density at radius 3 is 0.907 bits per heavy atom. The van der Waals surface area contributed by atoms with Gasteiger partial charge in [-0.15, -0.1) is 0 Å². The molecule has 54 heavy (non-hydrogen) atoms. The van der Waals surface area contributed by atoms with Gasteiger partial charge in [-0.25, -0.2) is 0 Å². The summed E-state index contributed by atoms with van der Waals surface area (Å²) in [5.41, 5.74) is 4.61. The highest BCUT2D eigenvalue weighted by molar-refractivity contribution is 6.00. The number of unbranched alkanes of at least 4 members (excludes halogenated alkanes) is 14. The maximum atomic E-state index is 11.3. The highest BCUT2D eigenvalue weighted by Crippen LogP contribution is 2.44. The van der Waals surface area contributed by atoms with Gasteiger partial charge in [-0.1, -0.05) is 140 Å². The molecule has 4 nitrogen and oxygen atoms in total. The third-order valence-corrected chi connectivity index (χ3v) is 11.3. The van der Waals surface area contributed by atoms with Crippen LogP contribution in [0.5, 0.6) is 23.0 Å². The maximum absolute atomic E-state index is 11.3. The van der Waals surface area contributed by atoms with Gasteiger partial charge in [0.25, 0.3) is 0 Å². The summed E-state index contributed by atoms with van der Waals surface area (Å²) in [6.45, 7) is 4.51. The minimum Gasteiger partial charge on any atom is -0.507 e. The van der Waals surface area contributed by atoms with E-state index in [4.69, 9.17) is 0 Å². The van der Waals surface area contributed by atoms with E-state index in [1.54, 1.807) is 36.4 Å². The van der Waals surface area contributed by atoms with Crippen molar-refractivity contribution < 1.29 is 20.4 Å². The van der Waals surface area contributed by atoms with Crippen LogP contribution in [0, 0.1) is 0 Å². The first-order chi connectivity index (χ1) is 26.3. The molecule has 0 aliphatic heterocycles. The third-order valence-electron chi connectivity index (χ3n) is 11.3. The number of rotatable bonds is 20. The molecule has 6 aromatic rings. The van der Waals surface area contributed by atoms with E-state index < -0.39 is 0 Å². The first-order valence-electron chi connectivity index (χ1n) is 20.9. The molecule has 0 saturated heterocycles. The predicted octanol–water partition coefficient (Wildman–Crippen LogP) is 14.7. The van der Waals surface area contributed by atoms with Crippen LogP contribution in [0.15, 0.2) is 84.9 Å². The van der Waals surface area contributed by atoms with E-state index in [0.29, 0.717) is 22.3 Å². The number of phenolic OH excluding ortho intramolecular Hbond substituents is 4. The van der Waals surface area contributed by atoms with Crippen molar-refractivity contribution in [3.05, 3.63) is 96.1 Å². The van der Waals surface area contributed by atoms with Crippen molar-refractivity contribution in [2.45, 2.75) is 129 Å². The Balaban J connectivity index is 1.15. The van der Waals surface area contributed by atoms with Crippen molar-refractivity contribution in [1.29, 1.82) is 0 Å². The zero-order valence-corrected chi connectivity index (χ0v) is 32.6. The van der Waals surface area contributed by atoms with Crippen molar-refractivity contribution in [3.63, 3.8) is 0 Å². The molecule has 0 aliphatic rings. The SMILES string of the molecule is CCCCCCCCCCc1ccc2cc(-c3cc4cc(O)c(-c5cc6ccc(CCCCCCCCCC)cc6cc5O)cc4cc3O)c(O)cc2c1. The van der Waals surface area contributed by atoms with E-state index >= 15 is 0 Å². The number of benzene rings is 6. The lowest BCUT2D eigenvalue weighted by molar-refractivity contribution is 0.469. The van der Waals surface area contributed by atoms with Crippen molar-refractivity contribution in [2.75, 3.05) is 0 Å². The fraction of sp³-hybridized carbons (Fsp3) is 0.400. The summed E-state index contributed by atoms with van der Waals surface area (Å²) in [7, 11) is 0. The van der Waals surface area contributed by atoms with Crippen molar-refractivity contribution in [2.24, 2.45) is 0 Å². The number of aromatic hydroxyl groups is 4. The van der Waals surface area contributed by atoms with Gasteiger partial charge in [0.2, 0.25) is 0 Å². The van der Waals surface area contributed by atoms with Crippen molar-refractivity contribution >= 4 is 32.3 Å². The molecule has 0 fully saturated rings. The fourth-order valence-electron chi connectivity index (χ4n) is 8.10. The average Bonchev–Trinajstić information content (AvgIpc) is 3.16. The minimum absolute atomic E-state index is 0.0341. The highest BCUT2D eigenvalue weighted by Gasteiger charge is 2.17. The van der Waals surface area contributed by atoms with Gasteiger partial charge in [0.1, 0.15) is 23.0 Å². The van der Waals surface area contributed by atoms with E-state index in [1.165, 1.54) is 114 Å². The van der Waals surface area contributed by atoms with Gasteiger partial charge in [-0.2, -0.15) is 0 Å². The Labute approximate surface area is 322 Å². The van der Waals surface area contributed by atoms with E-state index in [-0.39, 0.29) is 23.0 Å². The van der Waals surface area contributed by atoms with Crippen molar-refractivity contribution in [3.8, 4) is 45.3 Å². The molecule has 0 bridgehead atoms. The van der Waals surface area contributed by atoms with Crippen LogP contribution in [0.1, 0.15) is 128 Å². The van der Waals surface area contributed by atoms with Crippen LogP contribution in [0.2, 0.25) is 0 Å². The molecular weight excluding hydrogens is 665 g/mol. The molecule has 0 amide bonds. The van der Waals surface area contributed by atoms with Crippen LogP contribution in [-0.4, -0.2) is 20.4 Å². The van der Waals surface area contributed by atoms with Crippen LogP contribution in [0.4, 0.5) is 0 Å². The molecule has 4 N–H and O–H groups in total. The fourth-order valence-corrected chi connectivity index (χ4v) is 8.10. The van der Waals surface area contributed by atoms with Gasteiger partial charge in [0, 0.05) is 22.3 Å². The molecule has 0 heterocycles. The Morgan fingerprint density at radius 1 is 0.296 bits per heavy atom. The topological polar surface area (TPSA) is 80.9 Å². The third kappa shape index (κ3) is 9.88. The normalized spacial score (nSPS) is 11.7. The molecule has 0 spiro atoms. The van der Waals surface area contributed by atoms with Gasteiger partial charge in [0.05, 0.1) is 0 Å². The Bertz CT molecular complexity index is 2010. The number of phenols is 4. The standard InChI is InChI=1S/C50H60O4/c1-3-5-7-9-11-13-15-17-19-35-21-23-37-27-43(47(51)31-39(37)25-35)45-29-41-34-50(54)46(30-42(41)33-49(45)53)44-28-38-24-22-36(26-40(38)32-48(44)52)20-18-16-14-12-10-8-6-4-2/h21-34,51-54H,3-20H2,1-2H3. The quantitative estimate of drug-likeness (QED) is 0.0591. The molecule has 0 atom stereocenters. The summed E-state index contributed by atoms with van der Waals surface area (Å²) < 4.78 is 0. The predicted molar refractivity (Wildman–Crippen MR) is 229 cm³/mol. The van der Waals surface area contributed by atoms with E-state index in [9.17, 15) is 20.4 Å². The molecule has 0 aliphatic carbocycles. The Hall–Kier alpha value is -4.70.